The molecule has 0 atom stereocenters. The topological polar surface area (TPSA) is 29.5 Å². The van der Waals surface area contributed by atoms with Crippen LogP contribution < -0.4 is 0 Å². The summed E-state index contributed by atoms with van der Waals surface area (Å²) in [6.45, 7) is 7.08. The van der Waals surface area contributed by atoms with Crippen LogP contribution in [0.5, 0.6) is 0 Å². The molecule has 2 nitrogen and oxygen atoms in total. The molecule has 0 unspecified atom stereocenters. The van der Waals surface area contributed by atoms with Crippen LogP contribution in [-0.2, 0) is 24.3 Å². The average Bonchev–Trinajstić information content (AvgIpc) is 2.64. The molecule has 2 aromatic carbocycles. The summed E-state index contributed by atoms with van der Waals surface area (Å²) < 4.78 is 0. The molecule has 26 heavy (non-hydrogen) atoms. The Morgan fingerprint density at radius 3 is 2.12 bits per heavy atom. The summed E-state index contributed by atoms with van der Waals surface area (Å²) in [5.74, 6) is 0.904. The summed E-state index contributed by atoms with van der Waals surface area (Å²) >= 11 is 0. The highest BCUT2D eigenvalue weighted by molar-refractivity contribution is 5.23. The number of hydrogen-bond donors (Lipinski definition) is 1. The van der Waals surface area contributed by atoms with Gasteiger partial charge in [0.25, 0.3) is 0 Å². The third kappa shape index (κ3) is 11.1. The Kier molecular flexibility index (Phi) is 12.5. The van der Waals surface area contributed by atoms with Gasteiger partial charge in [0.2, 0.25) is 0 Å². The zero-order valence-electron chi connectivity index (χ0n) is 16.8. The summed E-state index contributed by atoms with van der Waals surface area (Å²) in [6.07, 6.45) is 8.89. The van der Waals surface area contributed by atoms with Crippen LogP contribution in [0.2, 0.25) is 0 Å². The van der Waals surface area contributed by atoms with Gasteiger partial charge in [0.05, 0.1) is 0 Å². The normalized spacial score (nSPS) is 10.5. The molecule has 0 fully saturated rings. The minimum atomic E-state index is 0.256. The van der Waals surface area contributed by atoms with Crippen LogP contribution in [0.4, 0.5) is 0 Å². The minimum Gasteiger partial charge on any atom is -0.251 e. The van der Waals surface area contributed by atoms with Gasteiger partial charge in [-0.1, -0.05) is 101 Å². The molecule has 0 saturated heterocycles. The molecule has 0 heterocycles. The van der Waals surface area contributed by atoms with Crippen molar-refractivity contribution in [3.05, 3.63) is 71.3 Å². The van der Waals surface area contributed by atoms with Crippen molar-refractivity contribution in [2.24, 2.45) is 5.92 Å². The standard InChI is InChI=1S/C16H18O2.C8H18/c17-18-13-16-11-5-10-15(12-16)9-4-8-14-6-2-1-3-7-14;1-4-5-6-7-8(2)3/h1-3,5-7,10-12,17H,4,8-9,13H2;8H,4-7H2,1-3H3. The first-order chi connectivity index (χ1) is 12.7. The highest BCUT2D eigenvalue weighted by Gasteiger charge is 1.98. The maximum absolute atomic E-state index is 8.44. The summed E-state index contributed by atoms with van der Waals surface area (Å²) in [5.41, 5.74) is 3.68. The van der Waals surface area contributed by atoms with Crippen molar-refractivity contribution in [3.63, 3.8) is 0 Å². The average molecular weight is 357 g/mol. The zero-order valence-corrected chi connectivity index (χ0v) is 16.8. The Morgan fingerprint density at radius 2 is 1.46 bits per heavy atom. The molecular formula is C24H36O2. The minimum absolute atomic E-state index is 0.256. The van der Waals surface area contributed by atoms with Crippen LogP contribution >= 0.6 is 0 Å². The van der Waals surface area contributed by atoms with E-state index in [0.29, 0.717) is 0 Å². The van der Waals surface area contributed by atoms with Crippen LogP contribution in [0, 0.1) is 5.92 Å². The molecule has 0 aliphatic heterocycles. The molecule has 0 spiro atoms. The molecule has 2 aromatic rings. The number of aryl methyl sites for hydroxylation is 2. The molecule has 2 heteroatoms. The third-order valence-corrected chi connectivity index (χ3v) is 4.38. The Bertz CT molecular complexity index is 563. The van der Waals surface area contributed by atoms with E-state index in [9.17, 15) is 0 Å². The SMILES string of the molecule is CCCCCC(C)C.OOCc1cccc(CCCc2ccccc2)c1. The van der Waals surface area contributed by atoms with E-state index in [1.165, 1.54) is 36.8 Å². The Morgan fingerprint density at radius 1 is 0.808 bits per heavy atom. The van der Waals surface area contributed by atoms with Crippen LogP contribution in [0.15, 0.2) is 54.6 Å². The van der Waals surface area contributed by atoms with Crippen LogP contribution in [-0.4, -0.2) is 5.26 Å². The molecule has 0 saturated carbocycles. The van der Waals surface area contributed by atoms with E-state index in [-0.39, 0.29) is 6.61 Å². The van der Waals surface area contributed by atoms with Crippen molar-refractivity contribution in [3.8, 4) is 0 Å². The Balaban J connectivity index is 0.000000359. The van der Waals surface area contributed by atoms with Crippen molar-refractivity contribution in [2.75, 3.05) is 0 Å². The monoisotopic (exact) mass is 356 g/mol. The number of rotatable bonds is 10. The fraction of sp³-hybridized carbons (Fsp3) is 0.500. The Hall–Kier alpha value is -1.64. The summed E-state index contributed by atoms with van der Waals surface area (Å²) in [4.78, 5) is 4.16. The molecule has 0 aliphatic rings. The van der Waals surface area contributed by atoms with Crippen molar-refractivity contribution < 1.29 is 10.1 Å². The van der Waals surface area contributed by atoms with Gasteiger partial charge in [-0.3, -0.25) is 5.26 Å². The van der Waals surface area contributed by atoms with E-state index in [1.807, 2.05) is 18.2 Å². The van der Waals surface area contributed by atoms with Crippen LogP contribution in [0.1, 0.15) is 69.6 Å². The van der Waals surface area contributed by atoms with Gasteiger partial charge in [0.1, 0.15) is 6.61 Å². The maximum atomic E-state index is 8.44. The second-order valence-electron chi connectivity index (χ2n) is 7.32. The van der Waals surface area contributed by atoms with E-state index in [1.54, 1.807) is 0 Å². The largest absolute Gasteiger partial charge is 0.251 e. The lowest BCUT2D eigenvalue weighted by Gasteiger charge is -2.04. The van der Waals surface area contributed by atoms with Gasteiger partial charge < -0.3 is 0 Å². The van der Waals surface area contributed by atoms with E-state index >= 15 is 0 Å². The molecule has 1 N–H and O–H groups in total. The molecule has 0 radical (unpaired) electrons. The predicted octanol–water partition coefficient (Wildman–Crippen LogP) is 7.07. The lowest BCUT2D eigenvalue weighted by molar-refractivity contribution is -0.253. The van der Waals surface area contributed by atoms with Crippen molar-refractivity contribution in [2.45, 2.75) is 72.3 Å². The molecule has 144 valence electrons. The lowest BCUT2D eigenvalue weighted by atomic mass is 10.0. The highest BCUT2D eigenvalue weighted by atomic mass is 17.1. The molecule has 0 aromatic heterocycles. The highest BCUT2D eigenvalue weighted by Crippen LogP contribution is 2.11. The van der Waals surface area contributed by atoms with E-state index < -0.39 is 0 Å². The molecular weight excluding hydrogens is 320 g/mol. The summed E-state index contributed by atoms with van der Waals surface area (Å²) in [7, 11) is 0. The molecule has 0 amide bonds. The van der Waals surface area contributed by atoms with Gasteiger partial charge in [-0.25, -0.2) is 4.89 Å². The first-order valence-electron chi connectivity index (χ1n) is 10.0. The second kappa shape index (κ2) is 14.5. The molecule has 0 bridgehead atoms. The number of benzene rings is 2. The van der Waals surface area contributed by atoms with Crippen molar-refractivity contribution in [1.29, 1.82) is 0 Å². The lowest BCUT2D eigenvalue weighted by Crippen LogP contribution is -1.93. The van der Waals surface area contributed by atoms with Gasteiger partial charge in [-0.2, -0.15) is 0 Å². The van der Waals surface area contributed by atoms with Gasteiger partial charge >= 0.3 is 0 Å². The smallest absolute Gasteiger partial charge is 0.107 e. The first kappa shape index (κ1) is 22.4. The van der Waals surface area contributed by atoms with Crippen LogP contribution in [0.25, 0.3) is 0 Å². The predicted molar refractivity (Wildman–Crippen MR) is 111 cm³/mol. The first-order valence-corrected chi connectivity index (χ1v) is 10.0. The maximum Gasteiger partial charge on any atom is 0.107 e. The number of unbranched alkanes of at least 4 members (excludes halogenated alkanes) is 2. The quantitative estimate of drug-likeness (QED) is 0.280. The van der Waals surface area contributed by atoms with E-state index in [0.717, 1.165) is 30.7 Å². The second-order valence-corrected chi connectivity index (χ2v) is 7.32. The van der Waals surface area contributed by atoms with Gasteiger partial charge in [-0.05, 0) is 41.9 Å². The van der Waals surface area contributed by atoms with Gasteiger partial charge in [0.15, 0.2) is 0 Å². The Labute approximate surface area is 160 Å². The van der Waals surface area contributed by atoms with Crippen molar-refractivity contribution in [1.82, 2.24) is 0 Å². The zero-order chi connectivity index (χ0) is 19.0. The molecule has 0 aliphatic carbocycles. The van der Waals surface area contributed by atoms with Gasteiger partial charge in [-0.15, -0.1) is 0 Å². The van der Waals surface area contributed by atoms with Gasteiger partial charge in [0, 0.05) is 0 Å². The van der Waals surface area contributed by atoms with Crippen molar-refractivity contribution >= 4 is 0 Å². The van der Waals surface area contributed by atoms with Crippen LogP contribution in [0.3, 0.4) is 0 Å². The van der Waals surface area contributed by atoms with E-state index in [2.05, 4.69) is 62.1 Å². The third-order valence-electron chi connectivity index (χ3n) is 4.38. The fourth-order valence-electron chi connectivity index (χ4n) is 2.89. The fourth-order valence-corrected chi connectivity index (χ4v) is 2.89. The summed E-state index contributed by atoms with van der Waals surface area (Å²) in [6, 6.07) is 18.7. The molecule has 2 rings (SSSR count). The van der Waals surface area contributed by atoms with E-state index in [4.69, 9.17) is 5.26 Å². The number of hydrogen-bond acceptors (Lipinski definition) is 2. The summed E-state index contributed by atoms with van der Waals surface area (Å²) in [5, 5.41) is 8.44.